The lowest BCUT2D eigenvalue weighted by Crippen LogP contribution is -2.64. The maximum atomic E-state index is 12.2. The van der Waals surface area contributed by atoms with Crippen LogP contribution >= 0.6 is 0 Å². The van der Waals surface area contributed by atoms with Crippen molar-refractivity contribution in [1.82, 2.24) is 0 Å². The fourth-order valence-corrected chi connectivity index (χ4v) is 7.76. The maximum absolute atomic E-state index is 12.2. The SMILES string of the molecule is CC(C)(C)[C@@]12CS(=O)C[C@]1(C(C)(C)C)OS(=S)O2. The van der Waals surface area contributed by atoms with Gasteiger partial charge in [-0.2, -0.15) is 0 Å². The summed E-state index contributed by atoms with van der Waals surface area (Å²) in [5.74, 6) is 1.04. The predicted octanol–water partition coefficient (Wildman–Crippen LogP) is 2.28. The van der Waals surface area contributed by atoms with Crippen molar-refractivity contribution in [2.24, 2.45) is 10.8 Å². The van der Waals surface area contributed by atoms with Gasteiger partial charge in [0.15, 0.2) is 0 Å². The Bertz CT molecular complexity index is 361. The third kappa shape index (κ3) is 1.79. The molecule has 0 aliphatic carbocycles. The van der Waals surface area contributed by atoms with Crippen molar-refractivity contribution < 1.29 is 12.6 Å². The predicted molar refractivity (Wildman–Crippen MR) is 79.1 cm³/mol. The summed E-state index contributed by atoms with van der Waals surface area (Å²) in [6.45, 7) is 12.7. The van der Waals surface area contributed by atoms with E-state index in [-0.39, 0.29) is 10.8 Å². The van der Waals surface area contributed by atoms with Gasteiger partial charge in [-0.05, 0) is 10.8 Å². The molecule has 0 saturated carbocycles. The van der Waals surface area contributed by atoms with Crippen LogP contribution in [0.3, 0.4) is 0 Å². The maximum Gasteiger partial charge on any atom is 0.150 e. The Morgan fingerprint density at radius 3 is 1.56 bits per heavy atom. The Kier molecular flexibility index (Phi) is 3.40. The van der Waals surface area contributed by atoms with Gasteiger partial charge in [-0.1, -0.05) is 41.5 Å². The molecule has 106 valence electrons. The minimum absolute atomic E-state index is 0.160. The van der Waals surface area contributed by atoms with E-state index in [4.69, 9.17) is 19.6 Å². The summed E-state index contributed by atoms with van der Waals surface area (Å²) in [7, 11) is -1.83. The van der Waals surface area contributed by atoms with Gasteiger partial charge in [-0.25, -0.2) is 0 Å². The van der Waals surface area contributed by atoms with Gasteiger partial charge in [0.1, 0.15) is 21.2 Å². The van der Waals surface area contributed by atoms with Crippen molar-refractivity contribution in [3.05, 3.63) is 0 Å². The summed E-state index contributed by atoms with van der Waals surface area (Å²) < 4.78 is 24.3. The van der Waals surface area contributed by atoms with Gasteiger partial charge in [0.25, 0.3) is 0 Å². The fraction of sp³-hybridized carbons (Fsp3) is 1.00. The lowest BCUT2D eigenvalue weighted by atomic mass is 9.59. The second-order valence-corrected chi connectivity index (χ2v) is 10.3. The highest BCUT2D eigenvalue weighted by Gasteiger charge is 2.74. The smallest absolute Gasteiger partial charge is 0.150 e. The molecule has 0 spiro atoms. The largest absolute Gasteiger partial charge is 0.279 e. The number of hydrogen-bond donors (Lipinski definition) is 0. The van der Waals surface area contributed by atoms with Crippen molar-refractivity contribution in [3.8, 4) is 0 Å². The first-order chi connectivity index (χ1) is 7.95. The molecule has 2 unspecified atom stereocenters. The van der Waals surface area contributed by atoms with E-state index in [0.717, 1.165) is 0 Å². The summed E-state index contributed by atoms with van der Waals surface area (Å²) in [4.78, 5) is 0. The lowest BCUT2D eigenvalue weighted by molar-refractivity contribution is -0.133. The molecule has 0 bridgehead atoms. The fourth-order valence-electron chi connectivity index (χ4n) is 3.06. The zero-order valence-electron chi connectivity index (χ0n) is 11.9. The molecule has 2 saturated heterocycles. The van der Waals surface area contributed by atoms with Crippen LogP contribution in [0.1, 0.15) is 41.5 Å². The summed E-state index contributed by atoms with van der Waals surface area (Å²) >= 11 is 5.26. The topological polar surface area (TPSA) is 35.5 Å². The van der Waals surface area contributed by atoms with E-state index in [1.54, 1.807) is 0 Å². The molecule has 3 nitrogen and oxygen atoms in total. The zero-order chi connectivity index (χ0) is 14.0. The van der Waals surface area contributed by atoms with Crippen molar-refractivity contribution in [2.75, 3.05) is 11.5 Å². The minimum Gasteiger partial charge on any atom is -0.279 e. The zero-order valence-corrected chi connectivity index (χ0v) is 14.3. The second kappa shape index (κ2) is 4.07. The van der Waals surface area contributed by atoms with Crippen LogP contribution in [0, 0.1) is 10.8 Å². The van der Waals surface area contributed by atoms with Crippen LogP contribution < -0.4 is 0 Å². The molecule has 0 aromatic heterocycles. The van der Waals surface area contributed by atoms with Crippen molar-refractivity contribution in [2.45, 2.75) is 52.7 Å². The Hall–Kier alpha value is 0.640. The summed E-state index contributed by atoms with van der Waals surface area (Å²) in [5.41, 5.74) is -1.41. The third-order valence-corrected chi connectivity index (χ3v) is 6.93. The molecule has 0 radical (unpaired) electrons. The Balaban J connectivity index is 2.66. The van der Waals surface area contributed by atoms with Gasteiger partial charge in [0.05, 0.1) is 11.5 Å². The highest BCUT2D eigenvalue weighted by atomic mass is 32.8. The standard InChI is InChI=1S/C12H22O3S3/c1-9(2,3)11-7-17(13)8-12(11,10(4,5)6)15-18(16)14-11/h7-8H2,1-6H3/t11-,12+,17?,18?. The molecule has 2 heterocycles. The highest BCUT2D eigenvalue weighted by Crippen LogP contribution is 2.60. The lowest BCUT2D eigenvalue weighted by Gasteiger charge is -2.50. The van der Waals surface area contributed by atoms with Crippen LogP contribution in [0.5, 0.6) is 0 Å². The van der Waals surface area contributed by atoms with Gasteiger partial charge in [-0.3, -0.25) is 12.6 Å². The summed E-state index contributed by atoms with van der Waals surface area (Å²) in [5, 5.41) is 0. The van der Waals surface area contributed by atoms with Crippen LogP contribution in [0.25, 0.3) is 0 Å². The molecule has 2 fully saturated rings. The van der Waals surface area contributed by atoms with Crippen LogP contribution in [-0.2, 0) is 40.4 Å². The third-order valence-electron chi connectivity index (χ3n) is 4.22. The molecule has 4 atom stereocenters. The minimum atomic E-state index is -0.919. The van der Waals surface area contributed by atoms with Gasteiger partial charge in [0, 0.05) is 22.0 Å². The average molecular weight is 311 g/mol. The molecule has 2 aliphatic heterocycles. The first kappa shape index (κ1) is 15.0. The van der Waals surface area contributed by atoms with Gasteiger partial charge in [-0.15, -0.1) is 0 Å². The van der Waals surface area contributed by atoms with E-state index in [1.165, 1.54) is 0 Å². The normalized spacial score (nSPS) is 45.2. The molecule has 2 aliphatic rings. The molecule has 0 aromatic carbocycles. The Morgan fingerprint density at radius 1 is 0.944 bits per heavy atom. The van der Waals surface area contributed by atoms with Crippen LogP contribution in [0.2, 0.25) is 0 Å². The molecule has 0 amide bonds. The van der Waals surface area contributed by atoms with E-state index in [2.05, 4.69) is 41.5 Å². The van der Waals surface area contributed by atoms with Gasteiger partial charge in [0.2, 0.25) is 0 Å². The van der Waals surface area contributed by atoms with Gasteiger partial charge < -0.3 is 0 Å². The Labute approximate surface area is 119 Å². The number of rotatable bonds is 0. The Morgan fingerprint density at radius 2 is 1.28 bits per heavy atom. The first-order valence-electron chi connectivity index (χ1n) is 6.11. The summed E-state index contributed by atoms with van der Waals surface area (Å²) in [6.07, 6.45) is 0. The van der Waals surface area contributed by atoms with Crippen molar-refractivity contribution >= 4 is 32.0 Å². The van der Waals surface area contributed by atoms with E-state index >= 15 is 0 Å². The van der Waals surface area contributed by atoms with Crippen LogP contribution in [-0.4, -0.2) is 26.9 Å². The molecule has 0 N–H and O–H groups in total. The van der Waals surface area contributed by atoms with Crippen molar-refractivity contribution in [1.29, 1.82) is 0 Å². The molecule has 6 heteroatoms. The molecule has 18 heavy (non-hydrogen) atoms. The quantitative estimate of drug-likeness (QED) is 0.688. The van der Waals surface area contributed by atoms with Crippen LogP contribution in [0.15, 0.2) is 0 Å². The number of fused-ring (bicyclic) bond motifs is 1. The highest BCUT2D eigenvalue weighted by molar-refractivity contribution is 8.23. The van der Waals surface area contributed by atoms with E-state index in [0.29, 0.717) is 11.5 Å². The molecular weight excluding hydrogens is 288 g/mol. The summed E-state index contributed by atoms with van der Waals surface area (Å²) in [6, 6.07) is 0. The van der Waals surface area contributed by atoms with E-state index < -0.39 is 32.0 Å². The molecule has 2 rings (SSSR count). The second-order valence-electron chi connectivity index (χ2n) is 7.25. The van der Waals surface area contributed by atoms with Crippen LogP contribution in [0.4, 0.5) is 0 Å². The monoisotopic (exact) mass is 310 g/mol. The number of hydrogen-bond acceptors (Lipinski definition) is 4. The first-order valence-corrected chi connectivity index (χ1v) is 9.60. The molecule has 0 aromatic rings. The van der Waals surface area contributed by atoms with Crippen molar-refractivity contribution in [3.63, 3.8) is 0 Å². The van der Waals surface area contributed by atoms with E-state index in [1.807, 2.05) is 0 Å². The van der Waals surface area contributed by atoms with E-state index in [9.17, 15) is 4.21 Å². The molecular formula is C12H22O3S3. The van der Waals surface area contributed by atoms with Gasteiger partial charge >= 0.3 is 0 Å². The average Bonchev–Trinajstić information content (AvgIpc) is 2.50.